The van der Waals surface area contributed by atoms with Crippen LogP contribution in [0.15, 0.2) is 66.7 Å². The fraction of sp³-hybridized carbons (Fsp3) is 0.0500. The van der Waals surface area contributed by atoms with Crippen molar-refractivity contribution in [2.75, 3.05) is 5.32 Å². The summed E-state index contributed by atoms with van der Waals surface area (Å²) in [6, 6.07) is 20.1. The molecule has 0 radical (unpaired) electrons. The number of anilines is 1. The lowest BCUT2D eigenvalue weighted by molar-refractivity contribution is 0.102. The average molecular weight is 317 g/mol. The Morgan fingerprint density at radius 2 is 1.67 bits per heavy atom. The molecule has 0 fully saturated rings. The summed E-state index contributed by atoms with van der Waals surface area (Å²) in [4.78, 5) is 12.4. The predicted octanol–water partition coefficient (Wildman–Crippen LogP) is 4.34. The maximum absolute atomic E-state index is 12.4. The van der Waals surface area contributed by atoms with E-state index in [0.717, 1.165) is 16.9 Å². The van der Waals surface area contributed by atoms with Crippen molar-refractivity contribution in [3.8, 4) is 17.2 Å². The van der Waals surface area contributed by atoms with Crippen LogP contribution in [0.4, 0.5) is 5.69 Å². The molecule has 4 heteroatoms. The Hall–Kier alpha value is -3.27. The summed E-state index contributed by atoms with van der Waals surface area (Å²) >= 11 is 0. The van der Waals surface area contributed by atoms with E-state index in [0.29, 0.717) is 17.9 Å². The van der Waals surface area contributed by atoms with Gasteiger partial charge in [0.05, 0.1) is 5.56 Å². The highest BCUT2D eigenvalue weighted by molar-refractivity contribution is 6.06. The third-order valence-electron chi connectivity index (χ3n) is 4.03. The fourth-order valence-corrected chi connectivity index (χ4v) is 2.82. The van der Waals surface area contributed by atoms with E-state index >= 15 is 0 Å². The number of aromatic hydroxyl groups is 1. The Labute approximate surface area is 139 Å². The zero-order valence-corrected chi connectivity index (χ0v) is 12.8. The van der Waals surface area contributed by atoms with Gasteiger partial charge in [-0.15, -0.1) is 0 Å². The molecule has 0 saturated carbocycles. The van der Waals surface area contributed by atoms with E-state index in [4.69, 9.17) is 4.74 Å². The first-order chi connectivity index (χ1) is 11.7. The summed E-state index contributed by atoms with van der Waals surface area (Å²) in [5.41, 5.74) is 2.79. The van der Waals surface area contributed by atoms with Gasteiger partial charge in [-0.1, -0.05) is 36.4 Å². The van der Waals surface area contributed by atoms with Crippen LogP contribution in [-0.4, -0.2) is 11.0 Å². The molecule has 118 valence electrons. The number of amides is 1. The first kappa shape index (κ1) is 14.3. The number of fused-ring (bicyclic) bond motifs is 2. The molecule has 3 aromatic rings. The molecule has 0 bridgehead atoms. The SMILES string of the molecule is O=C(Nc1ccccc1)c1cc2c(cc1O)Cc1ccccc1O2. The van der Waals surface area contributed by atoms with Crippen LogP contribution < -0.4 is 10.1 Å². The van der Waals surface area contributed by atoms with Gasteiger partial charge in [0, 0.05) is 17.7 Å². The number of rotatable bonds is 2. The summed E-state index contributed by atoms with van der Waals surface area (Å²) in [5, 5.41) is 13.0. The van der Waals surface area contributed by atoms with Crippen molar-refractivity contribution in [1.82, 2.24) is 0 Å². The van der Waals surface area contributed by atoms with E-state index in [1.54, 1.807) is 24.3 Å². The minimum Gasteiger partial charge on any atom is -0.507 e. The quantitative estimate of drug-likeness (QED) is 0.578. The number of carbonyl (C=O) groups is 1. The normalized spacial score (nSPS) is 11.8. The highest BCUT2D eigenvalue weighted by Gasteiger charge is 2.21. The zero-order chi connectivity index (χ0) is 16.5. The van der Waals surface area contributed by atoms with Gasteiger partial charge in [-0.25, -0.2) is 0 Å². The lowest BCUT2D eigenvalue weighted by Crippen LogP contribution is -2.13. The van der Waals surface area contributed by atoms with Gasteiger partial charge >= 0.3 is 0 Å². The van der Waals surface area contributed by atoms with Gasteiger partial charge in [-0.2, -0.15) is 0 Å². The molecule has 0 aromatic heterocycles. The molecule has 4 nitrogen and oxygen atoms in total. The largest absolute Gasteiger partial charge is 0.507 e. The Morgan fingerprint density at radius 3 is 2.50 bits per heavy atom. The average Bonchev–Trinajstić information content (AvgIpc) is 2.60. The minimum atomic E-state index is -0.371. The molecule has 4 rings (SSSR count). The number of para-hydroxylation sites is 2. The summed E-state index contributed by atoms with van der Waals surface area (Å²) in [6.07, 6.45) is 0.666. The third-order valence-corrected chi connectivity index (χ3v) is 4.03. The molecule has 3 aromatic carbocycles. The second-order valence-corrected chi connectivity index (χ2v) is 5.68. The van der Waals surface area contributed by atoms with E-state index in [1.807, 2.05) is 42.5 Å². The summed E-state index contributed by atoms with van der Waals surface area (Å²) in [6.45, 7) is 0. The molecule has 0 unspecified atom stereocenters. The Kier molecular flexibility index (Phi) is 3.43. The van der Waals surface area contributed by atoms with Crippen molar-refractivity contribution in [3.63, 3.8) is 0 Å². The first-order valence-corrected chi connectivity index (χ1v) is 7.69. The van der Waals surface area contributed by atoms with Crippen LogP contribution in [0.25, 0.3) is 0 Å². The Morgan fingerprint density at radius 1 is 0.917 bits per heavy atom. The third kappa shape index (κ3) is 2.58. The number of phenolic OH excluding ortho intramolecular Hbond substituents is 1. The summed E-state index contributed by atoms with van der Waals surface area (Å²) in [5.74, 6) is 0.962. The van der Waals surface area contributed by atoms with E-state index in [-0.39, 0.29) is 17.2 Å². The maximum atomic E-state index is 12.4. The molecule has 2 N–H and O–H groups in total. The second-order valence-electron chi connectivity index (χ2n) is 5.68. The van der Waals surface area contributed by atoms with E-state index in [1.165, 1.54) is 0 Å². The van der Waals surface area contributed by atoms with Crippen LogP contribution in [0.1, 0.15) is 21.5 Å². The van der Waals surface area contributed by atoms with Gasteiger partial charge in [0.2, 0.25) is 0 Å². The van der Waals surface area contributed by atoms with Crippen molar-refractivity contribution < 1.29 is 14.6 Å². The standard InChI is InChI=1S/C20H15NO3/c22-17-11-14-10-13-6-4-5-9-18(13)24-19(14)12-16(17)20(23)21-15-7-2-1-3-8-15/h1-9,11-12,22H,10H2,(H,21,23). The molecule has 0 aliphatic carbocycles. The molecule has 1 heterocycles. The van der Waals surface area contributed by atoms with Gasteiger partial charge in [0.15, 0.2) is 0 Å². The zero-order valence-electron chi connectivity index (χ0n) is 12.8. The summed E-state index contributed by atoms with van der Waals surface area (Å²) in [7, 11) is 0. The number of nitrogens with one attached hydrogen (secondary N) is 1. The van der Waals surface area contributed by atoms with E-state index in [9.17, 15) is 9.90 Å². The predicted molar refractivity (Wildman–Crippen MR) is 91.8 cm³/mol. The van der Waals surface area contributed by atoms with Crippen molar-refractivity contribution in [2.45, 2.75) is 6.42 Å². The topological polar surface area (TPSA) is 58.6 Å². The number of benzene rings is 3. The van der Waals surface area contributed by atoms with Crippen LogP contribution in [0.2, 0.25) is 0 Å². The van der Waals surface area contributed by atoms with Gasteiger partial charge in [0.25, 0.3) is 5.91 Å². The molecular formula is C20H15NO3. The van der Waals surface area contributed by atoms with Gasteiger partial charge in [-0.3, -0.25) is 4.79 Å². The smallest absolute Gasteiger partial charge is 0.259 e. The van der Waals surface area contributed by atoms with Crippen LogP contribution in [0.3, 0.4) is 0 Å². The molecular weight excluding hydrogens is 302 g/mol. The van der Waals surface area contributed by atoms with Crippen molar-refractivity contribution in [1.29, 1.82) is 0 Å². The number of hydrogen-bond acceptors (Lipinski definition) is 3. The molecule has 1 aliphatic heterocycles. The Balaban J connectivity index is 1.66. The molecule has 0 atom stereocenters. The van der Waals surface area contributed by atoms with Crippen LogP contribution in [-0.2, 0) is 6.42 Å². The Bertz CT molecular complexity index is 919. The van der Waals surface area contributed by atoms with Crippen molar-refractivity contribution in [2.24, 2.45) is 0 Å². The van der Waals surface area contributed by atoms with Gasteiger partial charge in [-0.05, 0) is 35.9 Å². The lowest BCUT2D eigenvalue weighted by Gasteiger charge is -2.21. The number of phenols is 1. The van der Waals surface area contributed by atoms with Gasteiger partial charge in [0.1, 0.15) is 17.2 Å². The number of hydrogen-bond donors (Lipinski definition) is 2. The highest BCUT2D eigenvalue weighted by Crippen LogP contribution is 2.39. The van der Waals surface area contributed by atoms with Crippen molar-refractivity contribution in [3.05, 3.63) is 83.4 Å². The van der Waals surface area contributed by atoms with Crippen LogP contribution in [0.5, 0.6) is 17.2 Å². The van der Waals surface area contributed by atoms with E-state index in [2.05, 4.69) is 5.32 Å². The summed E-state index contributed by atoms with van der Waals surface area (Å²) < 4.78 is 5.88. The number of ether oxygens (including phenoxy) is 1. The van der Waals surface area contributed by atoms with E-state index < -0.39 is 0 Å². The van der Waals surface area contributed by atoms with Crippen molar-refractivity contribution >= 4 is 11.6 Å². The minimum absolute atomic E-state index is 0.0508. The molecule has 1 aliphatic rings. The first-order valence-electron chi connectivity index (χ1n) is 7.69. The second kappa shape index (κ2) is 5.74. The fourth-order valence-electron chi connectivity index (χ4n) is 2.82. The monoisotopic (exact) mass is 317 g/mol. The number of carbonyl (C=O) groups excluding carboxylic acids is 1. The lowest BCUT2D eigenvalue weighted by atomic mass is 9.98. The molecule has 24 heavy (non-hydrogen) atoms. The van der Waals surface area contributed by atoms with Gasteiger partial charge < -0.3 is 15.2 Å². The molecule has 0 spiro atoms. The molecule has 0 saturated heterocycles. The van der Waals surface area contributed by atoms with Crippen LogP contribution >= 0.6 is 0 Å². The highest BCUT2D eigenvalue weighted by atomic mass is 16.5. The maximum Gasteiger partial charge on any atom is 0.259 e. The molecule has 1 amide bonds. The van der Waals surface area contributed by atoms with Crippen LogP contribution in [0, 0.1) is 0 Å².